The van der Waals surface area contributed by atoms with Crippen molar-refractivity contribution in [2.45, 2.75) is 12.1 Å². The molecule has 0 spiro atoms. The van der Waals surface area contributed by atoms with Crippen molar-refractivity contribution in [2.24, 2.45) is 4.99 Å². The fraction of sp³-hybridized carbons (Fsp3) is 0.316. The van der Waals surface area contributed by atoms with Crippen molar-refractivity contribution in [3.05, 3.63) is 60.4 Å². The maximum atomic E-state index is 14.4. The third-order valence-corrected chi connectivity index (χ3v) is 7.18. The van der Waals surface area contributed by atoms with Gasteiger partial charge in [-0.25, -0.2) is 12.8 Å². The predicted octanol–water partition coefficient (Wildman–Crippen LogP) is 2.98. The summed E-state index contributed by atoms with van der Waals surface area (Å²) in [6.07, 6.45) is 0. The predicted molar refractivity (Wildman–Crippen MR) is 107 cm³/mol. The molecule has 2 aliphatic heterocycles. The van der Waals surface area contributed by atoms with E-state index in [1.807, 2.05) is 30.3 Å². The molecule has 142 valence electrons. The van der Waals surface area contributed by atoms with E-state index in [9.17, 15) is 12.8 Å². The highest BCUT2D eigenvalue weighted by molar-refractivity contribution is 8.14. The van der Waals surface area contributed by atoms with Crippen LogP contribution in [0.2, 0.25) is 0 Å². The number of benzene rings is 2. The molecule has 2 aliphatic rings. The van der Waals surface area contributed by atoms with Crippen LogP contribution in [-0.4, -0.2) is 49.5 Å². The van der Waals surface area contributed by atoms with Crippen LogP contribution in [-0.2, 0) is 9.84 Å². The second-order valence-electron chi connectivity index (χ2n) is 6.45. The number of ether oxygens (including phenoxy) is 1. The Balaban J connectivity index is 1.49. The molecule has 27 heavy (non-hydrogen) atoms. The molecule has 0 aromatic heterocycles. The van der Waals surface area contributed by atoms with Gasteiger partial charge < -0.3 is 9.64 Å². The van der Waals surface area contributed by atoms with E-state index in [1.165, 1.54) is 17.8 Å². The van der Waals surface area contributed by atoms with Crippen molar-refractivity contribution in [1.82, 2.24) is 0 Å². The van der Waals surface area contributed by atoms with E-state index in [-0.39, 0.29) is 29.4 Å². The van der Waals surface area contributed by atoms with Crippen LogP contribution in [0.3, 0.4) is 0 Å². The van der Waals surface area contributed by atoms with Gasteiger partial charge in [-0.3, -0.25) is 4.99 Å². The molecule has 2 aromatic carbocycles. The first-order valence-electron chi connectivity index (χ1n) is 8.66. The molecule has 0 unspecified atom stereocenters. The molecule has 4 rings (SSSR count). The molecule has 0 aliphatic carbocycles. The lowest BCUT2D eigenvalue weighted by molar-refractivity contribution is 0.344. The highest BCUT2D eigenvalue weighted by Crippen LogP contribution is 2.36. The summed E-state index contributed by atoms with van der Waals surface area (Å²) in [4.78, 5) is 6.34. The minimum Gasteiger partial charge on any atom is -0.493 e. The van der Waals surface area contributed by atoms with Crippen molar-refractivity contribution in [3.63, 3.8) is 0 Å². The lowest BCUT2D eigenvalue weighted by Gasteiger charge is -2.26. The average molecular weight is 407 g/mol. The first kappa shape index (κ1) is 18.3. The van der Waals surface area contributed by atoms with Crippen molar-refractivity contribution in [2.75, 3.05) is 28.8 Å². The summed E-state index contributed by atoms with van der Waals surface area (Å²) >= 11 is 1.46. The Kier molecular flexibility index (Phi) is 5.10. The molecule has 2 heterocycles. The summed E-state index contributed by atoms with van der Waals surface area (Å²) in [5.41, 5.74) is 0.373. The van der Waals surface area contributed by atoms with E-state index in [0.717, 1.165) is 5.75 Å². The number of para-hydroxylation sites is 2. The number of halogens is 1. The van der Waals surface area contributed by atoms with Crippen LogP contribution >= 0.6 is 11.8 Å². The number of fused-ring (bicyclic) bond motifs is 1. The SMILES string of the molecule is O=S1(=O)C[C@@H]2N=C(SCCOc3ccccc3)N(c3ccccc3F)[C@@H]2C1. The number of hydrogen-bond donors (Lipinski definition) is 0. The van der Waals surface area contributed by atoms with E-state index in [0.29, 0.717) is 23.2 Å². The molecular formula is C19H19FN2O3S2. The summed E-state index contributed by atoms with van der Waals surface area (Å²) in [6.45, 7) is 0.479. The number of rotatable bonds is 5. The second kappa shape index (κ2) is 7.52. The number of anilines is 1. The van der Waals surface area contributed by atoms with Crippen LogP contribution in [0.4, 0.5) is 10.1 Å². The molecule has 1 fully saturated rings. The van der Waals surface area contributed by atoms with Crippen molar-refractivity contribution >= 4 is 32.5 Å². The number of aliphatic imine (C=N–C) groups is 1. The molecule has 0 saturated carbocycles. The lowest BCUT2D eigenvalue weighted by atomic mass is 10.1. The molecule has 0 amide bonds. The Morgan fingerprint density at radius 1 is 1.11 bits per heavy atom. The van der Waals surface area contributed by atoms with Crippen LogP contribution < -0.4 is 9.64 Å². The number of amidine groups is 1. The van der Waals surface area contributed by atoms with E-state index in [1.54, 1.807) is 23.1 Å². The largest absolute Gasteiger partial charge is 0.493 e. The van der Waals surface area contributed by atoms with Crippen LogP contribution in [0, 0.1) is 5.82 Å². The van der Waals surface area contributed by atoms with Gasteiger partial charge in [0.1, 0.15) is 11.6 Å². The summed E-state index contributed by atoms with van der Waals surface area (Å²) in [5.74, 6) is 1.06. The van der Waals surface area contributed by atoms with Gasteiger partial charge in [-0.1, -0.05) is 42.1 Å². The van der Waals surface area contributed by atoms with Gasteiger partial charge in [-0.05, 0) is 24.3 Å². The molecule has 8 heteroatoms. The second-order valence-corrected chi connectivity index (χ2v) is 9.67. The van der Waals surface area contributed by atoms with Crippen LogP contribution in [0.15, 0.2) is 59.6 Å². The highest BCUT2D eigenvalue weighted by Gasteiger charge is 2.47. The first-order valence-corrected chi connectivity index (χ1v) is 11.5. The third kappa shape index (κ3) is 3.96. The van der Waals surface area contributed by atoms with Gasteiger partial charge in [0, 0.05) is 5.75 Å². The quantitative estimate of drug-likeness (QED) is 0.715. The first-order chi connectivity index (χ1) is 13.0. The Labute approximate surface area is 162 Å². The summed E-state index contributed by atoms with van der Waals surface area (Å²) in [6, 6.07) is 15.2. The smallest absolute Gasteiger partial charge is 0.164 e. The Morgan fingerprint density at radius 3 is 2.63 bits per heavy atom. The highest BCUT2D eigenvalue weighted by atomic mass is 32.2. The van der Waals surface area contributed by atoms with E-state index in [4.69, 9.17) is 4.74 Å². The van der Waals surface area contributed by atoms with E-state index >= 15 is 0 Å². The number of thioether (sulfide) groups is 1. The summed E-state index contributed by atoms with van der Waals surface area (Å²) < 4.78 is 44.1. The Hall–Kier alpha value is -2.06. The molecule has 2 atom stereocenters. The van der Waals surface area contributed by atoms with Crippen LogP contribution in [0.1, 0.15) is 0 Å². The maximum absolute atomic E-state index is 14.4. The van der Waals surface area contributed by atoms with Crippen molar-refractivity contribution in [3.8, 4) is 5.75 Å². The normalized spacial score (nSPS) is 23.1. The van der Waals surface area contributed by atoms with Crippen LogP contribution in [0.25, 0.3) is 0 Å². The Bertz CT molecular complexity index is 950. The summed E-state index contributed by atoms with van der Waals surface area (Å²) in [5, 5.41) is 0.654. The number of sulfone groups is 1. The molecule has 1 saturated heterocycles. The van der Waals surface area contributed by atoms with Crippen molar-refractivity contribution < 1.29 is 17.5 Å². The van der Waals surface area contributed by atoms with Gasteiger partial charge in [0.05, 0.1) is 35.9 Å². The molecule has 2 aromatic rings. The fourth-order valence-electron chi connectivity index (χ4n) is 3.37. The number of hydrogen-bond acceptors (Lipinski definition) is 6. The standard InChI is InChI=1S/C19H19FN2O3S2/c20-15-8-4-5-9-17(15)22-18-13-27(23,24)12-16(18)21-19(22)26-11-10-25-14-6-2-1-3-7-14/h1-9,16,18H,10-13H2/t16-,18+/m0/s1. The Morgan fingerprint density at radius 2 is 1.85 bits per heavy atom. The minimum atomic E-state index is -3.15. The zero-order chi connectivity index (χ0) is 18.9. The van der Waals surface area contributed by atoms with E-state index in [2.05, 4.69) is 4.99 Å². The topological polar surface area (TPSA) is 59.0 Å². The average Bonchev–Trinajstić information content (AvgIpc) is 3.11. The van der Waals surface area contributed by atoms with E-state index < -0.39 is 9.84 Å². The van der Waals surface area contributed by atoms with Gasteiger partial charge in [-0.2, -0.15) is 0 Å². The van der Waals surface area contributed by atoms with Gasteiger partial charge in [0.15, 0.2) is 15.0 Å². The molecule has 0 radical (unpaired) electrons. The van der Waals surface area contributed by atoms with Gasteiger partial charge in [0.2, 0.25) is 0 Å². The van der Waals surface area contributed by atoms with Gasteiger partial charge in [-0.15, -0.1) is 0 Å². The van der Waals surface area contributed by atoms with Gasteiger partial charge in [0.25, 0.3) is 0 Å². The zero-order valence-electron chi connectivity index (χ0n) is 14.5. The van der Waals surface area contributed by atoms with Gasteiger partial charge >= 0.3 is 0 Å². The fourth-order valence-corrected chi connectivity index (χ4v) is 6.15. The molecule has 0 N–H and O–H groups in total. The molecule has 0 bridgehead atoms. The zero-order valence-corrected chi connectivity index (χ0v) is 16.1. The molecule has 5 nitrogen and oxygen atoms in total. The maximum Gasteiger partial charge on any atom is 0.164 e. The molecular weight excluding hydrogens is 387 g/mol. The third-order valence-electron chi connectivity index (χ3n) is 4.55. The summed E-state index contributed by atoms with van der Waals surface area (Å²) in [7, 11) is -3.15. The van der Waals surface area contributed by atoms with Crippen LogP contribution in [0.5, 0.6) is 5.75 Å². The monoisotopic (exact) mass is 406 g/mol. The minimum absolute atomic E-state index is 0.0000757. The lowest BCUT2D eigenvalue weighted by Crippen LogP contribution is -2.39. The van der Waals surface area contributed by atoms with Crippen molar-refractivity contribution in [1.29, 1.82) is 0 Å². The number of nitrogens with zero attached hydrogens (tertiary/aromatic N) is 2.